The first-order valence-corrected chi connectivity index (χ1v) is 12.2. The monoisotopic (exact) mass is 461 g/mol. The van der Waals surface area contributed by atoms with Crippen molar-refractivity contribution in [2.24, 2.45) is 0 Å². The van der Waals surface area contributed by atoms with E-state index in [0.717, 1.165) is 32.6 Å². The molecule has 1 aliphatic rings. The Kier molecular flexibility index (Phi) is 6.09. The van der Waals surface area contributed by atoms with Crippen molar-refractivity contribution in [3.05, 3.63) is 59.4 Å². The number of amides is 1. The van der Waals surface area contributed by atoms with E-state index < -0.39 is 0 Å². The Morgan fingerprint density at radius 3 is 2.64 bits per heavy atom. The molecule has 8 heteroatoms. The average Bonchev–Trinajstić information content (AvgIpc) is 3.42. The number of fused-ring (bicyclic) bond motifs is 1. The molecule has 0 aliphatic heterocycles. The summed E-state index contributed by atoms with van der Waals surface area (Å²) < 4.78 is 7.47. The first kappa shape index (κ1) is 21.6. The Morgan fingerprint density at radius 2 is 1.88 bits per heavy atom. The molecule has 2 aromatic heterocycles. The molecule has 2 aromatic carbocycles. The van der Waals surface area contributed by atoms with Crippen LogP contribution in [0.15, 0.2) is 42.5 Å². The van der Waals surface area contributed by atoms with Gasteiger partial charge >= 0.3 is 0 Å². The van der Waals surface area contributed by atoms with Gasteiger partial charge in [-0.2, -0.15) is 9.61 Å². The van der Waals surface area contributed by atoms with E-state index in [9.17, 15) is 4.79 Å². The van der Waals surface area contributed by atoms with E-state index in [4.69, 9.17) is 4.74 Å². The molecule has 2 heterocycles. The first-order valence-electron chi connectivity index (χ1n) is 11.4. The molecule has 5 rings (SSSR count). The maximum Gasteiger partial charge on any atom is 0.262 e. The summed E-state index contributed by atoms with van der Waals surface area (Å²) in [5.74, 6) is 1.93. The molecule has 0 bridgehead atoms. The maximum absolute atomic E-state index is 12.6. The molecule has 0 saturated heterocycles. The van der Waals surface area contributed by atoms with Gasteiger partial charge in [0.25, 0.3) is 5.91 Å². The van der Waals surface area contributed by atoms with Crippen LogP contribution >= 0.6 is 11.3 Å². The highest BCUT2D eigenvalue weighted by Gasteiger charge is 2.16. The molecule has 170 valence electrons. The lowest BCUT2D eigenvalue weighted by atomic mass is 9.84. The number of hydrogen-bond acceptors (Lipinski definition) is 6. The van der Waals surface area contributed by atoms with E-state index in [1.807, 2.05) is 44.2 Å². The second-order valence-electron chi connectivity index (χ2n) is 8.62. The van der Waals surface area contributed by atoms with Crippen LogP contribution in [0.3, 0.4) is 0 Å². The first-order chi connectivity index (χ1) is 16.1. The van der Waals surface area contributed by atoms with Crippen molar-refractivity contribution < 1.29 is 9.53 Å². The van der Waals surface area contributed by atoms with Gasteiger partial charge in [-0.25, -0.2) is 0 Å². The van der Waals surface area contributed by atoms with Gasteiger partial charge in [-0.1, -0.05) is 54.9 Å². The molecule has 1 saturated carbocycles. The Hall–Kier alpha value is -3.26. The van der Waals surface area contributed by atoms with E-state index in [0.29, 0.717) is 11.7 Å². The molecular weight excluding hydrogens is 434 g/mol. The number of hydrogen-bond donors (Lipinski definition) is 1. The zero-order chi connectivity index (χ0) is 22.8. The third-order valence-corrected chi connectivity index (χ3v) is 7.18. The summed E-state index contributed by atoms with van der Waals surface area (Å²) in [7, 11) is 0. The number of aryl methyl sites for hydroxylation is 2. The standard InChI is InChI=1S/C25H27N5O2S/c1-16-8-9-20(24-29-30-17(2)27-28-25(30)33-24)14-22(16)26-23(31)15-32-21-12-10-19(11-13-21)18-6-4-3-5-7-18/h8-14,18H,3-7,15H2,1-2H3,(H,26,31). The second-order valence-corrected chi connectivity index (χ2v) is 9.58. The van der Waals surface area contributed by atoms with Crippen molar-refractivity contribution in [1.29, 1.82) is 0 Å². The van der Waals surface area contributed by atoms with Crippen LogP contribution in [-0.4, -0.2) is 32.3 Å². The molecule has 0 unspecified atom stereocenters. The minimum atomic E-state index is -0.194. The largest absolute Gasteiger partial charge is 0.484 e. The lowest BCUT2D eigenvalue weighted by molar-refractivity contribution is -0.118. The quantitative estimate of drug-likeness (QED) is 0.408. The zero-order valence-corrected chi connectivity index (χ0v) is 19.7. The van der Waals surface area contributed by atoms with Gasteiger partial charge in [0.05, 0.1) is 0 Å². The highest BCUT2D eigenvalue weighted by atomic mass is 32.1. The fraction of sp³-hybridized carbons (Fsp3) is 0.360. The normalized spacial score (nSPS) is 14.5. The number of nitrogens with one attached hydrogen (secondary N) is 1. The van der Waals surface area contributed by atoms with Crippen LogP contribution in [-0.2, 0) is 4.79 Å². The zero-order valence-electron chi connectivity index (χ0n) is 18.9. The third kappa shape index (κ3) is 4.75. The number of anilines is 1. The molecule has 1 amide bonds. The summed E-state index contributed by atoms with van der Waals surface area (Å²) in [6.07, 6.45) is 6.52. The number of nitrogens with zero attached hydrogens (tertiary/aromatic N) is 4. The smallest absolute Gasteiger partial charge is 0.262 e. The molecule has 4 aromatic rings. The Morgan fingerprint density at radius 1 is 1.09 bits per heavy atom. The van der Waals surface area contributed by atoms with Crippen LogP contribution < -0.4 is 10.1 Å². The minimum Gasteiger partial charge on any atom is -0.484 e. The molecule has 33 heavy (non-hydrogen) atoms. The Bertz CT molecular complexity index is 1270. The van der Waals surface area contributed by atoms with Crippen molar-refractivity contribution >= 4 is 27.9 Å². The van der Waals surface area contributed by atoms with Crippen LogP contribution in [0.25, 0.3) is 15.5 Å². The van der Waals surface area contributed by atoms with Gasteiger partial charge in [0.2, 0.25) is 4.96 Å². The molecule has 7 nitrogen and oxygen atoms in total. The predicted octanol–water partition coefficient (Wildman–Crippen LogP) is 5.53. The molecule has 1 aliphatic carbocycles. The highest BCUT2D eigenvalue weighted by Crippen LogP contribution is 2.33. The van der Waals surface area contributed by atoms with E-state index >= 15 is 0 Å². The van der Waals surface area contributed by atoms with Crippen molar-refractivity contribution in [3.63, 3.8) is 0 Å². The minimum absolute atomic E-state index is 0.0393. The van der Waals surface area contributed by atoms with E-state index in [1.54, 1.807) is 4.52 Å². The van der Waals surface area contributed by atoms with Gasteiger partial charge in [-0.05, 0) is 61.9 Å². The second kappa shape index (κ2) is 9.31. The molecule has 1 N–H and O–H groups in total. The van der Waals surface area contributed by atoms with E-state index in [2.05, 4.69) is 32.7 Å². The summed E-state index contributed by atoms with van der Waals surface area (Å²) >= 11 is 1.46. The molecule has 0 radical (unpaired) electrons. The number of carbonyl (C=O) groups excluding carboxylic acids is 1. The van der Waals surface area contributed by atoms with Gasteiger partial charge in [0, 0.05) is 11.3 Å². The van der Waals surface area contributed by atoms with Gasteiger partial charge in [0.15, 0.2) is 12.4 Å². The van der Waals surface area contributed by atoms with E-state index in [1.165, 1.54) is 49.0 Å². The van der Waals surface area contributed by atoms with Crippen LogP contribution in [0, 0.1) is 13.8 Å². The lowest BCUT2D eigenvalue weighted by Crippen LogP contribution is -2.20. The predicted molar refractivity (Wildman–Crippen MR) is 130 cm³/mol. The van der Waals surface area contributed by atoms with Crippen LogP contribution in [0.1, 0.15) is 55.0 Å². The molecule has 0 atom stereocenters. The summed E-state index contributed by atoms with van der Waals surface area (Å²) in [4.78, 5) is 13.3. The summed E-state index contributed by atoms with van der Waals surface area (Å²) in [6, 6.07) is 14.1. The SMILES string of the molecule is Cc1ccc(-c2nn3c(C)nnc3s2)cc1NC(=O)COc1ccc(C2CCCCC2)cc1. The summed E-state index contributed by atoms with van der Waals surface area (Å²) in [6.45, 7) is 3.79. The van der Waals surface area contributed by atoms with Crippen molar-refractivity contribution in [1.82, 2.24) is 19.8 Å². The third-order valence-electron chi connectivity index (χ3n) is 6.23. The van der Waals surface area contributed by atoms with Crippen LogP contribution in [0.5, 0.6) is 5.75 Å². The van der Waals surface area contributed by atoms with Crippen LogP contribution in [0.4, 0.5) is 5.69 Å². The summed E-state index contributed by atoms with van der Waals surface area (Å²) in [5, 5.41) is 16.5. The number of rotatable bonds is 6. The van der Waals surface area contributed by atoms with Crippen molar-refractivity contribution in [2.45, 2.75) is 51.9 Å². The maximum atomic E-state index is 12.6. The molecule has 0 spiro atoms. The van der Waals surface area contributed by atoms with Crippen molar-refractivity contribution in [2.75, 3.05) is 11.9 Å². The highest BCUT2D eigenvalue weighted by molar-refractivity contribution is 7.19. The summed E-state index contributed by atoms with van der Waals surface area (Å²) in [5.41, 5.74) is 4.02. The lowest BCUT2D eigenvalue weighted by Gasteiger charge is -2.22. The van der Waals surface area contributed by atoms with Gasteiger partial charge in [0.1, 0.15) is 10.8 Å². The number of ether oxygens (including phenoxy) is 1. The number of aromatic nitrogens is 4. The Labute approximate surface area is 196 Å². The van der Waals surface area contributed by atoms with Gasteiger partial charge < -0.3 is 10.1 Å². The van der Waals surface area contributed by atoms with E-state index in [-0.39, 0.29) is 12.5 Å². The fourth-order valence-electron chi connectivity index (χ4n) is 4.33. The van der Waals surface area contributed by atoms with Crippen molar-refractivity contribution in [3.8, 4) is 16.3 Å². The Balaban J connectivity index is 1.22. The van der Waals surface area contributed by atoms with Crippen LogP contribution in [0.2, 0.25) is 0 Å². The fourth-order valence-corrected chi connectivity index (χ4v) is 5.21. The van der Waals surface area contributed by atoms with Gasteiger partial charge in [-0.15, -0.1) is 10.2 Å². The number of carbonyl (C=O) groups is 1. The topological polar surface area (TPSA) is 81.4 Å². The molecular formula is C25H27N5O2S. The molecule has 1 fully saturated rings. The van der Waals surface area contributed by atoms with Gasteiger partial charge in [-0.3, -0.25) is 4.79 Å². The number of benzene rings is 2. The average molecular weight is 462 g/mol.